The Morgan fingerprint density at radius 3 is 2.68 bits per heavy atom. The lowest BCUT2D eigenvalue weighted by Gasteiger charge is -2.16. The number of thioether (sulfide) groups is 1. The summed E-state index contributed by atoms with van der Waals surface area (Å²) in [4.78, 5) is 6.06. The molecule has 0 aliphatic rings. The first-order valence-electron chi connectivity index (χ1n) is 9.80. The van der Waals surface area contributed by atoms with Gasteiger partial charge in [0.05, 0.1) is 25.4 Å². The number of nitrogens with zero attached hydrogens (tertiary/aromatic N) is 3. The van der Waals surface area contributed by atoms with Gasteiger partial charge < -0.3 is 15.4 Å². The van der Waals surface area contributed by atoms with Gasteiger partial charge in [0.1, 0.15) is 0 Å². The van der Waals surface area contributed by atoms with Gasteiger partial charge in [-0.25, -0.2) is 4.99 Å². The van der Waals surface area contributed by atoms with Crippen LogP contribution >= 0.6 is 11.8 Å². The molecule has 0 spiro atoms. The summed E-state index contributed by atoms with van der Waals surface area (Å²) in [6.45, 7) is 12.2. The van der Waals surface area contributed by atoms with Gasteiger partial charge >= 0.3 is 0 Å². The SMILES string of the molecule is CCNC(=NCc1c(C)nn(CCOC)c1C)NCC(C)Sc1ccccc1. The smallest absolute Gasteiger partial charge is 0.191 e. The molecule has 0 aliphatic heterocycles. The molecule has 28 heavy (non-hydrogen) atoms. The summed E-state index contributed by atoms with van der Waals surface area (Å²) in [5.41, 5.74) is 3.36. The van der Waals surface area contributed by atoms with Crippen LogP contribution < -0.4 is 10.6 Å². The fourth-order valence-electron chi connectivity index (χ4n) is 2.87. The Morgan fingerprint density at radius 2 is 2.00 bits per heavy atom. The van der Waals surface area contributed by atoms with Crippen molar-refractivity contribution < 1.29 is 4.74 Å². The first kappa shape index (κ1) is 22.3. The molecule has 6 nitrogen and oxygen atoms in total. The summed E-state index contributed by atoms with van der Waals surface area (Å²) in [6.07, 6.45) is 0. The van der Waals surface area contributed by atoms with E-state index < -0.39 is 0 Å². The number of hydrogen-bond acceptors (Lipinski definition) is 4. The second kappa shape index (κ2) is 11.8. The second-order valence-electron chi connectivity index (χ2n) is 6.68. The van der Waals surface area contributed by atoms with Crippen LogP contribution in [0.2, 0.25) is 0 Å². The van der Waals surface area contributed by atoms with Gasteiger partial charge in [0.2, 0.25) is 0 Å². The summed E-state index contributed by atoms with van der Waals surface area (Å²) < 4.78 is 7.17. The second-order valence-corrected chi connectivity index (χ2v) is 8.19. The Kier molecular flexibility index (Phi) is 9.37. The van der Waals surface area contributed by atoms with Crippen LogP contribution in [-0.2, 0) is 17.8 Å². The van der Waals surface area contributed by atoms with Crippen molar-refractivity contribution in [3.63, 3.8) is 0 Å². The Balaban J connectivity index is 1.95. The van der Waals surface area contributed by atoms with E-state index in [-0.39, 0.29) is 0 Å². The summed E-state index contributed by atoms with van der Waals surface area (Å²) >= 11 is 1.86. The topological polar surface area (TPSA) is 63.5 Å². The predicted molar refractivity (Wildman–Crippen MR) is 118 cm³/mol. The van der Waals surface area contributed by atoms with Crippen molar-refractivity contribution in [2.24, 2.45) is 4.99 Å². The highest BCUT2D eigenvalue weighted by Gasteiger charge is 2.12. The van der Waals surface area contributed by atoms with Crippen molar-refractivity contribution in [1.29, 1.82) is 0 Å². The minimum atomic E-state index is 0.437. The lowest BCUT2D eigenvalue weighted by Crippen LogP contribution is -2.40. The van der Waals surface area contributed by atoms with Gasteiger partial charge in [-0.3, -0.25) is 4.68 Å². The van der Waals surface area contributed by atoms with E-state index >= 15 is 0 Å². The first-order chi connectivity index (χ1) is 13.5. The molecule has 154 valence electrons. The van der Waals surface area contributed by atoms with Crippen LogP contribution in [0.5, 0.6) is 0 Å². The van der Waals surface area contributed by atoms with E-state index in [1.54, 1.807) is 7.11 Å². The number of benzene rings is 1. The molecule has 0 saturated heterocycles. The van der Waals surface area contributed by atoms with Gasteiger partial charge in [-0.2, -0.15) is 5.10 Å². The molecule has 2 aromatic rings. The highest BCUT2D eigenvalue weighted by Crippen LogP contribution is 2.22. The maximum Gasteiger partial charge on any atom is 0.191 e. The molecule has 0 saturated carbocycles. The zero-order chi connectivity index (χ0) is 20.4. The minimum Gasteiger partial charge on any atom is -0.383 e. The molecule has 0 fully saturated rings. The van der Waals surface area contributed by atoms with Crippen LogP contribution in [0.4, 0.5) is 0 Å². The maximum absolute atomic E-state index is 5.17. The molecule has 1 unspecified atom stereocenters. The number of aromatic nitrogens is 2. The molecule has 2 rings (SSSR count). The molecular weight excluding hydrogens is 370 g/mol. The molecule has 1 aromatic carbocycles. The van der Waals surface area contributed by atoms with Gasteiger partial charge in [0, 0.05) is 41.6 Å². The number of aliphatic imine (C=N–C) groups is 1. The molecule has 0 aliphatic carbocycles. The van der Waals surface area contributed by atoms with E-state index in [1.165, 1.54) is 10.5 Å². The molecule has 1 atom stereocenters. The van der Waals surface area contributed by atoms with E-state index in [1.807, 2.05) is 29.4 Å². The third-order valence-electron chi connectivity index (χ3n) is 4.42. The van der Waals surface area contributed by atoms with E-state index in [2.05, 4.69) is 60.8 Å². The Bertz CT molecular complexity index is 745. The van der Waals surface area contributed by atoms with Crippen molar-refractivity contribution in [1.82, 2.24) is 20.4 Å². The molecule has 0 bridgehead atoms. The quantitative estimate of drug-likeness (QED) is 0.362. The maximum atomic E-state index is 5.17. The standard InChI is InChI=1S/C21H33N5OS/c1-6-22-21(23-14-16(2)28-19-10-8-7-9-11-19)24-15-20-17(3)25-26(18(20)4)12-13-27-5/h7-11,16H,6,12-15H2,1-5H3,(H2,22,23,24). The highest BCUT2D eigenvalue weighted by atomic mass is 32.2. The van der Waals surface area contributed by atoms with Crippen LogP contribution in [0.15, 0.2) is 40.2 Å². The van der Waals surface area contributed by atoms with Gasteiger partial charge in [0.15, 0.2) is 5.96 Å². The predicted octanol–water partition coefficient (Wildman–Crippen LogP) is 3.38. The molecule has 2 N–H and O–H groups in total. The summed E-state index contributed by atoms with van der Waals surface area (Å²) in [5, 5.41) is 11.8. The molecule has 0 amide bonds. The zero-order valence-corrected chi connectivity index (χ0v) is 18.5. The van der Waals surface area contributed by atoms with E-state index in [9.17, 15) is 0 Å². The fraction of sp³-hybridized carbons (Fsp3) is 0.524. The van der Waals surface area contributed by atoms with Crippen molar-refractivity contribution in [2.45, 2.75) is 50.9 Å². The Morgan fingerprint density at radius 1 is 1.25 bits per heavy atom. The number of guanidine groups is 1. The minimum absolute atomic E-state index is 0.437. The van der Waals surface area contributed by atoms with Crippen LogP contribution in [-0.4, -0.2) is 47.8 Å². The number of aryl methyl sites for hydroxylation is 1. The highest BCUT2D eigenvalue weighted by molar-refractivity contribution is 8.00. The molecule has 1 heterocycles. The first-order valence-corrected chi connectivity index (χ1v) is 10.7. The molecule has 7 heteroatoms. The van der Waals surface area contributed by atoms with Crippen molar-refractivity contribution in [3.8, 4) is 0 Å². The van der Waals surface area contributed by atoms with Crippen molar-refractivity contribution in [2.75, 3.05) is 26.8 Å². The monoisotopic (exact) mass is 403 g/mol. The van der Waals surface area contributed by atoms with E-state index in [4.69, 9.17) is 9.73 Å². The van der Waals surface area contributed by atoms with Gasteiger partial charge in [-0.05, 0) is 32.9 Å². The van der Waals surface area contributed by atoms with Gasteiger partial charge in [0.25, 0.3) is 0 Å². The van der Waals surface area contributed by atoms with Crippen LogP contribution in [0.3, 0.4) is 0 Å². The Labute approximate surface area is 173 Å². The van der Waals surface area contributed by atoms with Gasteiger partial charge in [-0.15, -0.1) is 11.8 Å². The van der Waals surface area contributed by atoms with Crippen molar-refractivity contribution in [3.05, 3.63) is 47.3 Å². The lowest BCUT2D eigenvalue weighted by molar-refractivity contribution is 0.182. The van der Waals surface area contributed by atoms with E-state index in [0.717, 1.165) is 37.0 Å². The summed E-state index contributed by atoms with van der Waals surface area (Å²) in [6, 6.07) is 10.5. The number of ether oxygens (including phenoxy) is 1. The average Bonchev–Trinajstić information content (AvgIpc) is 2.96. The Hall–Kier alpha value is -1.99. The largest absolute Gasteiger partial charge is 0.383 e. The fourth-order valence-corrected chi connectivity index (χ4v) is 3.82. The summed E-state index contributed by atoms with van der Waals surface area (Å²) in [5.74, 6) is 0.839. The average molecular weight is 404 g/mol. The number of hydrogen-bond donors (Lipinski definition) is 2. The van der Waals surface area contributed by atoms with Gasteiger partial charge in [-0.1, -0.05) is 25.1 Å². The summed E-state index contributed by atoms with van der Waals surface area (Å²) in [7, 11) is 1.71. The molecule has 1 aromatic heterocycles. The third kappa shape index (κ3) is 6.87. The number of nitrogens with one attached hydrogen (secondary N) is 2. The van der Waals surface area contributed by atoms with Crippen LogP contribution in [0, 0.1) is 13.8 Å². The number of rotatable bonds is 10. The van der Waals surface area contributed by atoms with Crippen LogP contribution in [0.1, 0.15) is 30.8 Å². The third-order valence-corrected chi connectivity index (χ3v) is 5.53. The lowest BCUT2D eigenvalue weighted by atomic mass is 10.2. The zero-order valence-electron chi connectivity index (χ0n) is 17.7. The number of methoxy groups -OCH3 is 1. The molecular formula is C21H33N5OS. The normalized spacial score (nSPS) is 12.8. The molecule has 0 radical (unpaired) electrons. The van der Waals surface area contributed by atoms with Crippen molar-refractivity contribution >= 4 is 17.7 Å². The van der Waals surface area contributed by atoms with Crippen LogP contribution in [0.25, 0.3) is 0 Å². The van der Waals surface area contributed by atoms with E-state index in [0.29, 0.717) is 18.4 Å².